The van der Waals surface area contributed by atoms with Crippen LogP contribution in [-0.4, -0.2) is 18.3 Å². The Hall–Kier alpha value is -1.23. The van der Waals surface area contributed by atoms with Crippen LogP contribution >= 0.6 is 24.0 Å². The molecule has 0 spiro atoms. The second kappa shape index (κ2) is 8.15. The third kappa shape index (κ3) is 3.66. The predicted octanol–water partition coefficient (Wildman–Crippen LogP) is 3.79. The number of nitrogens with zero attached hydrogens (tertiary/aromatic N) is 1. The van der Waals surface area contributed by atoms with Crippen LogP contribution in [0.3, 0.4) is 0 Å². The molecule has 2 aromatic rings. The van der Waals surface area contributed by atoms with Gasteiger partial charge in [-0.05, 0) is 11.6 Å². The van der Waals surface area contributed by atoms with Crippen LogP contribution in [0.4, 0.5) is 0 Å². The number of nitrogens with two attached hydrogens (primary N) is 1. The van der Waals surface area contributed by atoms with Gasteiger partial charge in [0.2, 0.25) is 0 Å². The number of aromatic nitrogens is 1. The van der Waals surface area contributed by atoms with Gasteiger partial charge >= 0.3 is 0 Å². The molecule has 20 heavy (non-hydrogen) atoms. The van der Waals surface area contributed by atoms with Gasteiger partial charge in [-0.3, -0.25) is 0 Å². The van der Waals surface area contributed by atoms with Gasteiger partial charge in [-0.25, -0.2) is 0 Å². The molecule has 0 amide bonds. The van der Waals surface area contributed by atoms with Crippen molar-refractivity contribution < 1.29 is 9.26 Å². The lowest BCUT2D eigenvalue weighted by molar-refractivity contribution is 0.287. The predicted molar refractivity (Wildman–Crippen MR) is 82.6 cm³/mol. The molecule has 1 heterocycles. The molecule has 6 heteroatoms. The molecule has 0 saturated carbocycles. The monoisotopic (exact) mass is 316 g/mol. The zero-order valence-corrected chi connectivity index (χ0v) is 12.8. The summed E-state index contributed by atoms with van der Waals surface area (Å²) >= 11 is 6.36. The van der Waals surface area contributed by atoms with Gasteiger partial charge in [0.25, 0.3) is 5.88 Å². The van der Waals surface area contributed by atoms with E-state index < -0.39 is 0 Å². The van der Waals surface area contributed by atoms with Crippen LogP contribution in [-0.2, 0) is 0 Å². The zero-order chi connectivity index (χ0) is 13.7. The quantitative estimate of drug-likeness (QED) is 0.823. The zero-order valence-electron chi connectivity index (χ0n) is 11.2. The molecule has 2 rings (SSSR count). The molecule has 0 saturated heterocycles. The van der Waals surface area contributed by atoms with Crippen molar-refractivity contribution in [1.29, 1.82) is 0 Å². The van der Waals surface area contributed by atoms with Crippen molar-refractivity contribution >= 4 is 24.0 Å². The lowest BCUT2D eigenvalue weighted by Gasteiger charge is -2.09. The summed E-state index contributed by atoms with van der Waals surface area (Å²) in [5.41, 5.74) is 7.17. The minimum atomic E-state index is -0.200. The third-order valence-electron chi connectivity index (χ3n) is 2.76. The van der Waals surface area contributed by atoms with E-state index in [4.69, 9.17) is 26.6 Å². The maximum atomic E-state index is 6.36. The number of hydrogen-bond donors (Lipinski definition) is 1. The lowest BCUT2D eigenvalue weighted by Crippen LogP contribution is -2.11. The second-order valence-electron chi connectivity index (χ2n) is 4.11. The summed E-state index contributed by atoms with van der Waals surface area (Å²) in [6, 6.07) is 9.74. The van der Waals surface area contributed by atoms with Crippen LogP contribution in [0, 0.1) is 0 Å². The van der Waals surface area contributed by atoms with E-state index in [0.29, 0.717) is 24.8 Å². The van der Waals surface area contributed by atoms with Crippen molar-refractivity contribution in [3.63, 3.8) is 0 Å². The summed E-state index contributed by atoms with van der Waals surface area (Å²) in [7, 11) is 0. The van der Waals surface area contributed by atoms with E-state index in [1.807, 2.05) is 37.3 Å². The average Bonchev–Trinajstić information content (AvgIpc) is 2.89. The highest BCUT2D eigenvalue weighted by Crippen LogP contribution is 2.39. The number of halogens is 2. The topological polar surface area (TPSA) is 61.3 Å². The number of rotatable bonds is 6. The Morgan fingerprint density at radius 3 is 2.65 bits per heavy atom. The Balaban J connectivity index is 0.00000200. The summed E-state index contributed by atoms with van der Waals surface area (Å²) < 4.78 is 10.9. The van der Waals surface area contributed by atoms with E-state index in [-0.39, 0.29) is 17.8 Å². The van der Waals surface area contributed by atoms with E-state index in [1.165, 1.54) is 0 Å². The Labute approximate surface area is 129 Å². The minimum absolute atomic E-state index is 0. The van der Waals surface area contributed by atoms with Crippen molar-refractivity contribution in [2.45, 2.75) is 18.7 Å². The molecule has 1 aromatic carbocycles. The van der Waals surface area contributed by atoms with Crippen molar-refractivity contribution in [1.82, 2.24) is 5.16 Å². The van der Waals surface area contributed by atoms with Gasteiger partial charge in [0.05, 0.1) is 10.9 Å². The van der Waals surface area contributed by atoms with Crippen LogP contribution in [0.1, 0.15) is 24.3 Å². The maximum Gasteiger partial charge on any atom is 0.259 e. The van der Waals surface area contributed by atoms with E-state index in [0.717, 1.165) is 17.5 Å². The molecule has 0 radical (unpaired) electrons. The fourth-order valence-corrected chi connectivity index (χ4v) is 2.01. The van der Waals surface area contributed by atoms with Crippen LogP contribution in [0.5, 0.6) is 5.88 Å². The molecule has 4 nitrogen and oxygen atoms in total. The normalized spacial score (nSPS) is 11.8. The van der Waals surface area contributed by atoms with E-state index in [2.05, 4.69) is 5.16 Å². The molecule has 1 aromatic heterocycles. The molecular weight excluding hydrogens is 299 g/mol. The number of alkyl halides is 1. The van der Waals surface area contributed by atoms with Crippen LogP contribution in [0.15, 0.2) is 34.9 Å². The van der Waals surface area contributed by atoms with Gasteiger partial charge in [-0.2, -0.15) is 0 Å². The maximum absolute atomic E-state index is 6.36. The van der Waals surface area contributed by atoms with Crippen molar-refractivity contribution in [2.24, 2.45) is 5.73 Å². The fraction of sp³-hybridized carbons (Fsp3) is 0.357. The van der Waals surface area contributed by atoms with Gasteiger partial charge in [0.15, 0.2) is 5.76 Å². The Morgan fingerprint density at radius 2 is 2.05 bits per heavy atom. The Morgan fingerprint density at radius 1 is 1.35 bits per heavy atom. The fourth-order valence-electron chi connectivity index (χ4n) is 1.82. The van der Waals surface area contributed by atoms with Gasteiger partial charge in [0, 0.05) is 12.1 Å². The highest BCUT2D eigenvalue weighted by atomic mass is 35.5. The molecule has 0 aliphatic carbocycles. The highest BCUT2D eigenvalue weighted by molar-refractivity contribution is 6.21. The molecule has 0 aliphatic rings. The summed E-state index contributed by atoms with van der Waals surface area (Å²) in [5.74, 6) is 1.10. The first kappa shape index (κ1) is 16.8. The molecule has 0 aliphatic heterocycles. The first-order valence-electron chi connectivity index (χ1n) is 6.29. The van der Waals surface area contributed by atoms with E-state index >= 15 is 0 Å². The first-order valence-corrected chi connectivity index (χ1v) is 6.73. The average molecular weight is 317 g/mol. The molecule has 0 fully saturated rings. The van der Waals surface area contributed by atoms with E-state index in [1.54, 1.807) is 0 Å². The molecule has 2 N–H and O–H groups in total. The number of hydrogen-bond acceptors (Lipinski definition) is 4. The number of benzene rings is 1. The van der Waals surface area contributed by atoms with E-state index in [9.17, 15) is 0 Å². The molecule has 1 unspecified atom stereocenters. The van der Waals surface area contributed by atoms with Gasteiger partial charge in [-0.15, -0.1) is 24.0 Å². The van der Waals surface area contributed by atoms with Crippen molar-refractivity contribution in [3.8, 4) is 17.2 Å². The largest absolute Gasteiger partial charge is 0.474 e. The van der Waals surface area contributed by atoms with Gasteiger partial charge < -0.3 is 15.0 Å². The molecule has 1 atom stereocenters. The SMILES string of the molecule is CCC(Cl)c1c(OCCN)noc1-c1ccccc1.Cl. The summed E-state index contributed by atoms with van der Waals surface area (Å²) in [4.78, 5) is 0. The first-order chi connectivity index (χ1) is 9.27. The summed E-state index contributed by atoms with van der Waals surface area (Å²) in [5, 5.41) is 3.76. The van der Waals surface area contributed by atoms with Crippen molar-refractivity contribution in [2.75, 3.05) is 13.2 Å². The second-order valence-corrected chi connectivity index (χ2v) is 4.64. The smallest absolute Gasteiger partial charge is 0.259 e. The highest BCUT2D eigenvalue weighted by Gasteiger charge is 2.24. The summed E-state index contributed by atoms with van der Waals surface area (Å²) in [6.07, 6.45) is 0.765. The minimum Gasteiger partial charge on any atom is -0.474 e. The lowest BCUT2D eigenvalue weighted by atomic mass is 10.1. The van der Waals surface area contributed by atoms with Gasteiger partial charge in [-0.1, -0.05) is 37.3 Å². The third-order valence-corrected chi connectivity index (χ3v) is 3.29. The standard InChI is InChI=1S/C14H17ClN2O2.ClH/c1-2-11(15)12-13(10-6-4-3-5-7-10)19-17-14(12)18-9-8-16;/h3-7,11H,2,8-9,16H2,1H3;1H. The van der Waals surface area contributed by atoms with Gasteiger partial charge in [0.1, 0.15) is 6.61 Å². The van der Waals surface area contributed by atoms with Crippen LogP contribution in [0.25, 0.3) is 11.3 Å². The van der Waals surface area contributed by atoms with Crippen molar-refractivity contribution in [3.05, 3.63) is 35.9 Å². The molecule has 0 bridgehead atoms. The number of ether oxygens (including phenoxy) is 1. The Kier molecular flexibility index (Phi) is 6.85. The van der Waals surface area contributed by atoms with Crippen LogP contribution < -0.4 is 10.5 Å². The van der Waals surface area contributed by atoms with Crippen LogP contribution in [0.2, 0.25) is 0 Å². The Bertz CT molecular complexity index is 517. The molecular formula is C14H18Cl2N2O2. The molecule has 110 valence electrons. The summed E-state index contributed by atoms with van der Waals surface area (Å²) in [6.45, 7) is 2.82.